The Kier molecular flexibility index (Phi) is 9.34. The van der Waals surface area contributed by atoms with Crippen molar-refractivity contribution in [2.24, 2.45) is 11.8 Å². The van der Waals surface area contributed by atoms with Crippen molar-refractivity contribution in [2.75, 3.05) is 19.0 Å². The van der Waals surface area contributed by atoms with E-state index in [-0.39, 0.29) is 27.9 Å². The molecule has 192 valence electrons. The molecule has 0 spiro atoms. The van der Waals surface area contributed by atoms with Crippen molar-refractivity contribution in [3.05, 3.63) is 33.5 Å². The fourth-order valence-corrected chi connectivity index (χ4v) is 4.67. The smallest absolute Gasteiger partial charge is 0.204 e. The fraction of sp³-hybridized carbons (Fsp3) is 0.536. The molecule has 3 aromatic rings. The molecule has 1 aromatic heterocycles. The van der Waals surface area contributed by atoms with Crippen LogP contribution in [0.3, 0.4) is 0 Å². The highest BCUT2D eigenvalue weighted by molar-refractivity contribution is 9.09. The molecule has 0 amide bonds. The van der Waals surface area contributed by atoms with Gasteiger partial charge in [-0.15, -0.1) is 0 Å². The van der Waals surface area contributed by atoms with Crippen molar-refractivity contribution in [2.45, 2.75) is 66.2 Å². The maximum absolute atomic E-state index is 13.9. The molecule has 0 saturated heterocycles. The van der Waals surface area contributed by atoms with Crippen LogP contribution in [0.25, 0.3) is 21.9 Å². The van der Waals surface area contributed by atoms with Crippen LogP contribution in [0.4, 0.5) is 0 Å². The van der Waals surface area contributed by atoms with Crippen LogP contribution < -0.4 is 14.9 Å². The number of aryl methyl sites for hydroxylation is 1. The molecule has 0 saturated carbocycles. The van der Waals surface area contributed by atoms with Gasteiger partial charge in [0.1, 0.15) is 28.1 Å². The van der Waals surface area contributed by atoms with Crippen molar-refractivity contribution in [3.8, 4) is 23.0 Å². The topological polar surface area (TPSA) is 89.1 Å². The van der Waals surface area contributed by atoms with Crippen molar-refractivity contribution < 1.29 is 24.1 Å². The summed E-state index contributed by atoms with van der Waals surface area (Å²) in [6.45, 7) is 8.91. The molecule has 2 aromatic carbocycles. The number of phenols is 2. The van der Waals surface area contributed by atoms with Crippen LogP contribution in [0, 0.1) is 11.8 Å². The number of unbranched alkanes of at least 4 members (excludes halogenated alkanes) is 1. The molecule has 1 heterocycles. The summed E-state index contributed by atoms with van der Waals surface area (Å²) < 4.78 is 17.9. The third-order valence-electron chi connectivity index (χ3n) is 6.26. The Balaban J connectivity index is 2.28. The van der Waals surface area contributed by atoms with Crippen molar-refractivity contribution in [3.63, 3.8) is 0 Å². The first kappa shape index (κ1) is 27.2. The normalized spacial score (nSPS) is 11.8. The molecule has 0 aliphatic rings. The van der Waals surface area contributed by atoms with Crippen LogP contribution in [0.5, 0.6) is 23.0 Å². The van der Waals surface area contributed by atoms with E-state index in [9.17, 15) is 15.0 Å². The number of hydrogen-bond acceptors (Lipinski definition) is 6. The number of rotatable bonds is 12. The summed E-state index contributed by atoms with van der Waals surface area (Å²) in [6.07, 6.45) is 4.54. The molecule has 0 aliphatic heterocycles. The minimum atomic E-state index is -0.326. The van der Waals surface area contributed by atoms with Crippen molar-refractivity contribution in [1.29, 1.82) is 0 Å². The van der Waals surface area contributed by atoms with Crippen molar-refractivity contribution >= 4 is 37.9 Å². The molecule has 0 unspecified atom stereocenters. The first-order valence-corrected chi connectivity index (χ1v) is 13.5. The van der Waals surface area contributed by atoms with Gasteiger partial charge in [0.25, 0.3) is 0 Å². The van der Waals surface area contributed by atoms with E-state index in [2.05, 4.69) is 43.6 Å². The summed E-state index contributed by atoms with van der Waals surface area (Å²) in [4.78, 5) is 13.9. The summed E-state index contributed by atoms with van der Waals surface area (Å²) in [6, 6.07) is 3.11. The molecule has 7 heteroatoms. The number of phenolic OH excluding ortho intramolecular Hbond substituents is 2. The largest absolute Gasteiger partial charge is 0.507 e. The van der Waals surface area contributed by atoms with E-state index in [0.717, 1.165) is 36.6 Å². The first-order valence-electron chi connectivity index (χ1n) is 12.4. The van der Waals surface area contributed by atoms with E-state index in [4.69, 9.17) is 13.9 Å². The van der Waals surface area contributed by atoms with Gasteiger partial charge >= 0.3 is 0 Å². The number of fused-ring (bicyclic) bond motifs is 2. The molecule has 0 fully saturated rings. The molecule has 35 heavy (non-hydrogen) atoms. The lowest BCUT2D eigenvalue weighted by atomic mass is 9.95. The number of methoxy groups -OCH3 is 1. The number of alkyl halides is 1. The third-order valence-corrected chi connectivity index (χ3v) is 6.82. The van der Waals surface area contributed by atoms with Gasteiger partial charge in [0, 0.05) is 28.6 Å². The number of halogens is 1. The van der Waals surface area contributed by atoms with Gasteiger partial charge < -0.3 is 24.1 Å². The van der Waals surface area contributed by atoms with E-state index in [1.165, 1.54) is 6.07 Å². The van der Waals surface area contributed by atoms with Gasteiger partial charge in [-0.25, -0.2) is 0 Å². The Morgan fingerprint density at radius 2 is 1.57 bits per heavy atom. The summed E-state index contributed by atoms with van der Waals surface area (Å²) in [7, 11) is 1.58. The monoisotopic (exact) mass is 548 g/mol. The van der Waals surface area contributed by atoms with E-state index in [1.54, 1.807) is 13.2 Å². The van der Waals surface area contributed by atoms with Crippen LogP contribution in [0.2, 0.25) is 0 Å². The minimum Gasteiger partial charge on any atom is -0.507 e. The van der Waals surface area contributed by atoms with Gasteiger partial charge in [-0.3, -0.25) is 4.79 Å². The summed E-state index contributed by atoms with van der Waals surface area (Å²) in [5.74, 6) is 1.58. The fourth-order valence-electron chi connectivity index (χ4n) is 4.27. The minimum absolute atomic E-state index is 0.0714. The SMILES string of the molecule is COc1c(OCCCCBr)cc2oc3cc(O)c(CCC(C)C)c(O)c3c(=O)c2c1CCC(C)C. The molecule has 0 aliphatic carbocycles. The second-order valence-electron chi connectivity index (χ2n) is 9.90. The molecule has 0 atom stereocenters. The van der Waals surface area contributed by atoms with Crippen LogP contribution in [-0.4, -0.2) is 29.3 Å². The Morgan fingerprint density at radius 1 is 0.943 bits per heavy atom. The summed E-state index contributed by atoms with van der Waals surface area (Å²) in [5, 5.41) is 23.0. The Hall–Kier alpha value is -2.41. The average Bonchev–Trinajstić information content (AvgIpc) is 2.79. The number of aromatic hydroxyl groups is 2. The lowest BCUT2D eigenvalue weighted by Gasteiger charge is -2.18. The molecule has 3 rings (SSSR count). The van der Waals surface area contributed by atoms with E-state index >= 15 is 0 Å². The maximum atomic E-state index is 13.9. The van der Waals surface area contributed by atoms with Crippen LogP contribution in [0.15, 0.2) is 21.3 Å². The second kappa shape index (κ2) is 12.0. The van der Waals surface area contributed by atoms with Crippen molar-refractivity contribution in [1.82, 2.24) is 0 Å². The molecule has 0 radical (unpaired) electrons. The standard InChI is InChI=1S/C28H37BrO6/c1-16(2)8-10-18-20(30)14-21-25(26(18)31)27(32)24-19(11-9-17(3)4)28(33-5)23(15-22(24)35-21)34-13-7-6-12-29/h14-17,30-31H,6-13H2,1-5H3. The average molecular weight is 550 g/mol. The maximum Gasteiger partial charge on any atom is 0.204 e. The van der Waals surface area contributed by atoms with Gasteiger partial charge in [-0.05, 0) is 50.4 Å². The molecular weight excluding hydrogens is 512 g/mol. The zero-order chi connectivity index (χ0) is 25.7. The number of benzene rings is 2. The number of hydrogen-bond donors (Lipinski definition) is 2. The lowest BCUT2D eigenvalue weighted by Crippen LogP contribution is -2.10. The van der Waals surface area contributed by atoms with E-state index in [1.807, 2.05) is 0 Å². The first-order chi connectivity index (χ1) is 16.7. The van der Waals surface area contributed by atoms with Crippen LogP contribution in [0.1, 0.15) is 64.5 Å². The third kappa shape index (κ3) is 6.05. The van der Waals surface area contributed by atoms with Gasteiger partial charge in [-0.2, -0.15) is 0 Å². The van der Waals surface area contributed by atoms with Gasteiger partial charge in [0.05, 0.1) is 19.1 Å². The summed E-state index contributed by atoms with van der Waals surface area (Å²) >= 11 is 3.44. The van der Waals surface area contributed by atoms with Gasteiger partial charge in [-0.1, -0.05) is 43.6 Å². The molecule has 6 nitrogen and oxygen atoms in total. The van der Waals surface area contributed by atoms with E-state index in [0.29, 0.717) is 59.3 Å². The van der Waals surface area contributed by atoms with Crippen LogP contribution >= 0.6 is 15.9 Å². The van der Waals surface area contributed by atoms with Gasteiger partial charge in [0.2, 0.25) is 5.43 Å². The highest BCUT2D eigenvalue weighted by atomic mass is 79.9. The Bertz CT molecular complexity index is 1230. The quantitative estimate of drug-likeness (QED) is 0.142. The lowest BCUT2D eigenvalue weighted by molar-refractivity contribution is 0.287. The Morgan fingerprint density at radius 3 is 2.17 bits per heavy atom. The number of ether oxygens (including phenoxy) is 2. The predicted molar refractivity (Wildman–Crippen MR) is 145 cm³/mol. The predicted octanol–water partition coefficient (Wildman–Crippen LogP) is 7.10. The molecule has 0 bridgehead atoms. The van der Waals surface area contributed by atoms with E-state index < -0.39 is 0 Å². The zero-order valence-electron chi connectivity index (χ0n) is 21.4. The molecule has 2 N–H and O–H groups in total. The second-order valence-corrected chi connectivity index (χ2v) is 10.7. The Labute approximate surface area is 215 Å². The van der Waals surface area contributed by atoms with Crippen LogP contribution in [-0.2, 0) is 12.8 Å². The highest BCUT2D eigenvalue weighted by Gasteiger charge is 2.24. The summed E-state index contributed by atoms with van der Waals surface area (Å²) in [5.41, 5.74) is 1.27. The zero-order valence-corrected chi connectivity index (χ0v) is 23.0. The van der Waals surface area contributed by atoms with Gasteiger partial charge in [0.15, 0.2) is 11.5 Å². The highest BCUT2D eigenvalue weighted by Crippen LogP contribution is 2.41. The molecular formula is C28H37BrO6.